The van der Waals surface area contributed by atoms with E-state index in [2.05, 4.69) is 36.4 Å². The largest absolute Gasteiger partial charge is 0.395 e. The zero-order chi connectivity index (χ0) is 30.3. The number of aromatic nitrogens is 1. The van der Waals surface area contributed by atoms with Gasteiger partial charge in [-0.15, -0.1) is 11.8 Å². The summed E-state index contributed by atoms with van der Waals surface area (Å²) < 4.78 is 0.959. The van der Waals surface area contributed by atoms with E-state index in [9.17, 15) is 19.5 Å². The Kier molecular flexibility index (Phi) is 10.8. The minimum absolute atomic E-state index is 0.0172. The van der Waals surface area contributed by atoms with Crippen molar-refractivity contribution < 1.29 is 19.5 Å². The molecule has 3 amide bonds. The van der Waals surface area contributed by atoms with Gasteiger partial charge in [-0.1, -0.05) is 56.4 Å². The van der Waals surface area contributed by atoms with E-state index in [1.54, 1.807) is 46.8 Å². The molecular formula is C31H39N5O4S2. The fourth-order valence-corrected chi connectivity index (χ4v) is 6.38. The Morgan fingerprint density at radius 1 is 1.00 bits per heavy atom. The van der Waals surface area contributed by atoms with Gasteiger partial charge in [-0.25, -0.2) is 4.98 Å². The normalized spacial score (nSPS) is 14.5. The zero-order valence-corrected chi connectivity index (χ0v) is 26.2. The Labute approximate surface area is 255 Å². The van der Waals surface area contributed by atoms with Gasteiger partial charge in [0.2, 0.25) is 5.91 Å². The monoisotopic (exact) mass is 609 g/mol. The first kappa shape index (κ1) is 31.7. The number of amides is 3. The average molecular weight is 610 g/mol. The summed E-state index contributed by atoms with van der Waals surface area (Å²) in [6.07, 6.45) is 1.75. The molecule has 4 rings (SSSR count). The number of hydrogen-bond acceptors (Lipinski definition) is 8. The lowest BCUT2D eigenvalue weighted by Crippen LogP contribution is -2.50. The highest BCUT2D eigenvalue weighted by Crippen LogP contribution is 2.31. The Hall–Kier alpha value is -3.25. The molecular weight excluding hydrogens is 571 g/mol. The number of thioether (sulfide) groups is 1. The Balaban J connectivity index is 1.26. The van der Waals surface area contributed by atoms with Crippen molar-refractivity contribution in [2.45, 2.75) is 50.2 Å². The molecule has 2 heterocycles. The van der Waals surface area contributed by atoms with Crippen LogP contribution in [-0.4, -0.2) is 76.4 Å². The van der Waals surface area contributed by atoms with E-state index in [1.165, 1.54) is 11.3 Å². The van der Waals surface area contributed by atoms with Crippen LogP contribution >= 0.6 is 23.1 Å². The van der Waals surface area contributed by atoms with E-state index >= 15 is 0 Å². The summed E-state index contributed by atoms with van der Waals surface area (Å²) in [5.41, 5.74) is 3.18. The molecule has 0 spiro atoms. The van der Waals surface area contributed by atoms with Crippen LogP contribution < -0.4 is 10.6 Å². The topological polar surface area (TPSA) is 115 Å². The second kappa shape index (κ2) is 14.3. The van der Waals surface area contributed by atoms with Gasteiger partial charge in [0.05, 0.1) is 17.0 Å². The number of rotatable bonds is 10. The van der Waals surface area contributed by atoms with Crippen LogP contribution in [0.25, 0.3) is 0 Å². The first-order chi connectivity index (χ1) is 20.0. The molecule has 1 saturated heterocycles. The van der Waals surface area contributed by atoms with Crippen molar-refractivity contribution >= 4 is 46.0 Å². The fraction of sp³-hybridized carbons (Fsp3) is 0.419. The Bertz CT molecular complexity index is 1380. The van der Waals surface area contributed by atoms with Gasteiger partial charge in [-0.2, -0.15) is 0 Å². The number of carbonyl (C=O) groups excluding carboxylic acids is 3. The van der Waals surface area contributed by atoms with Gasteiger partial charge in [-0.05, 0) is 40.8 Å². The number of anilines is 1. The molecule has 9 nitrogen and oxygen atoms in total. The van der Waals surface area contributed by atoms with Crippen LogP contribution in [0.4, 0.5) is 5.13 Å². The predicted molar refractivity (Wildman–Crippen MR) is 168 cm³/mol. The molecule has 224 valence electrons. The summed E-state index contributed by atoms with van der Waals surface area (Å²) in [5.74, 6) is 0.463. The summed E-state index contributed by atoms with van der Waals surface area (Å²) >= 11 is 3.01. The predicted octanol–water partition coefficient (Wildman–Crippen LogP) is 4.49. The molecule has 1 aliphatic rings. The molecule has 42 heavy (non-hydrogen) atoms. The third kappa shape index (κ3) is 8.64. The lowest BCUT2D eigenvalue weighted by atomic mass is 9.87. The van der Waals surface area contributed by atoms with Crippen LogP contribution in [0.15, 0.2) is 58.9 Å². The summed E-state index contributed by atoms with van der Waals surface area (Å²) in [6.45, 7) is 10.7. The lowest BCUT2D eigenvalue weighted by Gasteiger charge is -2.34. The van der Waals surface area contributed by atoms with Gasteiger partial charge in [0.15, 0.2) is 5.13 Å². The summed E-state index contributed by atoms with van der Waals surface area (Å²) in [5, 5.41) is 16.4. The number of benzene rings is 2. The van der Waals surface area contributed by atoms with E-state index < -0.39 is 0 Å². The maximum atomic E-state index is 13.0. The fourth-order valence-electron chi connectivity index (χ4n) is 4.57. The Morgan fingerprint density at radius 3 is 2.33 bits per heavy atom. The van der Waals surface area contributed by atoms with Gasteiger partial charge in [0.1, 0.15) is 0 Å². The molecule has 11 heteroatoms. The first-order valence-corrected chi connectivity index (χ1v) is 15.8. The number of nitrogens with zero attached hydrogens (tertiary/aromatic N) is 3. The summed E-state index contributed by atoms with van der Waals surface area (Å²) in [4.78, 5) is 45.3. The van der Waals surface area contributed by atoms with Gasteiger partial charge in [-0.3, -0.25) is 19.7 Å². The lowest BCUT2D eigenvalue weighted by molar-refractivity contribution is -0.130. The molecule has 1 aromatic heterocycles. The molecule has 1 fully saturated rings. The molecule has 0 radical (unpaired) electrons. The van der Waals surface area contributed by atoms with Crippen molar-refractivity contribution in [2.24, 2.45) is 5.41 Å². The van der Waals surface area contributed by atoms with Gasteiger partial charge in [0.25, 0.3) is 11.8 Å². The number of hydrogen-bond donors (Lipinski definition) is 3. The maximum absolute atomic E-state index is 13.0. The van der Waals surface area contributed by atoms with E-state index in [0.29, 0.717) is 54.7 Å². The number of nitrogens with one attached hydrogen (secondary N) is 2. The second-order valence-electron chi connectivity index (χ2n) is 11.4. The molecule has 0 aliphatic carbocycles. The number of carbonyl (C=O) groups is 3. The quantitative estimate of drug-likeness (QED) is 0.290. The van der Waals surface area contributed by atoms with Crippen LogP contribution in [0.5, 0.6) is 0 Å². The van der Waals surface area contributed by atoms with Gasteiger partial charge in [0, 0.05) is 62.6 Å². The molecule has 1 aliphatic heterocycles. The van der Waals surface area contributed by atoms with Crippen LogP contribution in [0.3, 0.4) is 0 Å². The molecule has 2 aromatic carbocycles. The molecule has 0 saturated carbocycles. The molecule has 1 atom stereocenters. The second-order valence-corrected chi connectivity index (χ2v) is 13.7. The van der Waals surface area contributed by atoms with E-state index in [1.807, 2.05) is 36.4 Å². The van der Waals surface area contributed by atoms with Crippen LogP contribution in [0.2, 0.25) is 0 Å². The number of piperazine rings is 1. The minimum atomic E-state index is -0.223. The van der Waals surface area contributed by atoms with Crippen LogP contribution in [0.1, 0.15) is 59.5 Å². The van der Waals surface area contributed by atoms with Gasteiger partial charge < -0.3 is 20.2 Å². The van der Waals surface area contributed by atoms with Crippen molar-refractivity contribution in [3.05, 3.63) is 77.0 Å². The molecule has 0 unspecified atom stereocenters. The Morgan fingerprint density at radius 2 is 1.69 bits per heavy atom. The van der Waals surface area contributed by atoms with Crippen molar-refractivity contribution in [3.8, 4) is 0 Å². The smallest absolute Gasteiger partial charge is 0.257 e. The number of thiazole rings is 1. The molecule has 0 bridgehead atoms. The molecule has 3 N–H and O–H groups in total. The van der Waals surface area contributed by atoms with Crippen molar-refractivity contribution in [3.63, 3.8) is 0 Å². The van der Waals surface area contributed by atoms with E-state index in [0.717, 1.165) is 15.3 Å². The van der Waals surface area contributed by atoms with Gasteiger partial charge >= 0.3 is 0 Å². The minimum Gasteiger partial charge on any atom is -0.395 e. The van der Waals surface area contributed by atoms with Crippen molar-refractivity contribution in [1.82, 2.24) is 20.1 Å². The first-order valence-electron chi connectivity index (χ1n) is 14.0. The summed E-state index contributed by atoms with van der Waals surface area (Å²) in [6, 6.07) is 15.0. The highest BCUT2D eigenvalue weighted by Gasteiger charge is 2.24. The third-order valence-electron chi connectivity index (χ3n) is 7.27. The number of aliphatic hydroxyl groups excluding tert-OH is 1. The maximum Gasteiger partial charge on any atom is 0.257 e. The zero-order valence-electron chi connectivity index (χ0n) is 24.6. The van der Waals surface area contributed by atoms with Crippen LogP contribution in [-0.2, 0) is 17.1 Å². The number of aliphatic hydroxyl groups is 1. The van der Waals surface area contributed by atoms with Crippen molar-refractivity contribution in [1.29, 1.82) is 0 Å². The molecule has 3 aromatic rings. The SMILES string of the molecule is CC(=O)N1CCN(C(=O)c2cccc(CSc3cnc(NC(=O)c4ccc(CN[C@H](CO)C(C)(C)C)cc4)s3)c2)CC1. The summed E-state index contributed by atoms with van der Waals surface area (Å²) in [7, 11) is 0. The van der Waals surface area contributed by atoms with E-state index in [-0.39, 0.29) is 35.8 Å². The van der Waals surface area contributed by atoms with Crippen LogP contribution in [0, 0.1) is 5.41 Å². The standard InChI is InChI=1S/C31H39N5O4S2/c1-21(38)35-12-14-36(15-13-35)29(40)25-7-5-6-23(16-25)20-41-27-18-33-30(42-27)34-28(39)24-10-8-22(9-11-24)17-32-26(19-37)31(2,3)4/h5-11,16,18,26,32,37H,12-15,17,19-20H2,1-4H3,(H,33,34,39)/t26-/m1/s1. The highest BCUT2D eigenvalue weighted by atomic mass is 32.2. The average Bonchev–Trinajstić information content (AvgIpc) is 3.43. The highest BCUT2D eigenvalue weighted by molar-refractivity contribution is 8.00. The van der Waals surface area contributed by atoms with E-state index in [4.69, 9.17) is 0 Å². The third-order valence-corrected chi connectivity index (χ3v) is 9.45. The van der Waals surface area contributed by atoms with Crippen molar-refractivity contribution in [2.75, 3.05) is 38.1 Å².